The van der Waals surface area contributed by atoms with Crippen molar-refractivity contribution >= 4 is 0 Å². The van der Waals surface area contributed by atoms with Crippen LogP contribution in [0.3, 0.4) is 0 Å². The average Bonchev–Trinajstić information content (AvgIpc) is 2.68. The third-order valence-corrected chi connectivity index (χ3v) is 5.25. The third kappa shape index (κ3) is 4.63. The predicted octanol–water partition coefficient (Wildman–Crippen LogP) is 6.14. The number of aryl methyl sites for hydroxylation is 1. The first-order valence-corrected chi connectivity index (χ1v) is 9.56. The van der Waals surface area contributed by atoms with Gasteiger partial charge in [-0.1, -0.05) is 62.4 Å². The van der Waals surface area contributed by atoms with Gasteiger partial charge in [0.1, 0.15) is 11.8 Å². The summed E-state index contributed by atoms with van der Waals surface area (Å²) < 4.78 is 5.50. The normalized spacial score (nSPS) is 14.9. The van der Waals surface area contributed by atoms with Crippen molar-refractivity contribution in [3.05, 3.63) is 53.6 Å². The lowest BCUT2D eigenvalue weighted by Gasteiger charge is -2.21. The van der Waals surface area contributed by atoms with E-state index in [4.69, 9.17) is 4.74 Å². The zero-order valence-corrected chi connectivity index (χ0v) is 15.1. The quantitative estimate of drug-likeness (QED) is 0.636. The van der Waals surface area contributed by atoms with Gasteiger partial charge in [-0.2, -0.15) is 5.26 Å². The molecule has 25 heavy (non-hydrogen) atoms. The highest BCUT2D eigenvalue weighted by molar-refractivity contribution is 5.67. The van der Waals surface area contributed by atoms with Crippen molar-refractivity contribution in [3.63, 3.8) is 0 Å². The van der Waals surface area contributed by atoms with Crippen molar-refractivity contribution in [2.24, 2.45) is 5.92 Å². The van der Waals surface area contributed by atoms with E-state index in [0.717, 1.165) is 17.0 Å². The van der Waals surface area contributed by atoms with Crippen LogP contribution in [0.15, 0.2) is 42.5 Å². The van der Waals surface area contributed by atoms with Crippen molar-refractivity contribution in [1.29, 1.82) is 5.26 Å². The van der Waals surface area contributed by atoms with Gasteiger partial charge in [-0.15, -0.1) is 0 Å². The number of nitriles is 1. The Balaban J connectivity index is 1.66. The SMILES string of the molecule is CCOc1ccc(-c2ccc(CCC3CCCCC3)cc2)cc1C#N. The molecule has 0 radical (unpaired) electrons. The van der Waals surface area contributed by atoms with E-state index in [2.05, 4.69) is 30.3 Å². The topological polar surface area (TPSA) is 33.0 Å². The number of hydrogen-bond donors (Lipinski definition) is 0. The number of ether oxygens (including phenoxy) is 1. The Labute approximate surface area is 151 Å². The van der Waals surface area contributed by atoms with E-state index in [0.29, 0.717) is 17.9 Å². The maximum absolute atomic E-state index is 9.32. The molecule has 2 heteroatoms. The average molecular weight is 333 g/mol. The number of benzene rings is 2. The first kappa shape index (κ1) is 17.5. The van der Waals surface area contributed by atoms with Gasteiger partial charge < -0.3 is 4.74 Å². The second kappa shape index (κ2) is 8.72. The fraction of sp³-hybridized carbons (Fsp3) is 0.435. The van der Waals surface area contributed by atoms with Crippen LogP contribution in [0, 0.1) is 17.2 Å². The summed E-state index contributed by atoms with van der Waals surface area (Å²) in [5.74, 6) is 1.59. The van der Waals surface area contributed by atoms with Crippen molar-refractivity contribution in [3.8, 4) is 22.9 Å². The second-order valence-corrected chi connectivity index (χ2v) is 7.00. The van der Waals surface area contributed by atoms with Crippen molar-refractivity contribution in [2.75, 3.05) is 6.61 Å². The molecule has 0 saturated heterocycles. The molecule has 0 atom stereocenters. The lowest BCUT2D eigenvalue weighted by atomic mass is 9.85. The summed E-state index contributed by atoms with van der Waals surface area (Å²) in [6.45, 7) is 2.50. The lowest BCUT2D eigenvalue weighted by molar-refractivity contribution is 0.339. The summed E-state index contributed by atoms with van der Waals surface area (Å²) in [5, 5.41) is 9.32. The molecular formula is C23H27NO. The predicted molar refractivity (Wildman–Crippen MR) is 103 cm³/mol. The molecule has 0 spiro atoms. The van der Waals surface area contributed by atoms with E-state index in [-0.39, 0.29) is 0 Å². The molecule has 0 aliphatic heterocycles. The van der Waals surface area contributed by atoms with Gasteiger partial charge in [-0.05, 0) is 54.5 Å². The Morgan fingerprint density at radius 3 is 2.40 bits per heavy atom. The van der Waals surface area contributed by atoms with Crippen LogP contribution in [-0.2, 0) is 6.42 Å². The second-order valence-electron chi connectivity index (χ2n) is 7.00. The van der Waals surface area contributed by atoms with Crippen LogP contribution in [0.5, 0.6) is 5.75 Å². The monoisotopic (exact) mass is 333 g/mol. The van der Waals surface area contributed by atoms with Crippen molar-refractivity contribution < 1.29 is 4.74 Å². The van der Waals surface area contributed by atoms with E-state index in [1.807, 2.05) is 25.1 Å². The van der Waals surface area contributed by atoms with E-state index in [1.54, 1.807) is 0 Å². The zero-order valence-electron chi connectivity index (χ0n) is 15.1. The van der Waals surface area contributed by atoms with Crippen molar-refractivity contribution in [2.45, 2.75) is 51.9 Å². The van der Waals surface area contributed by atoms with Crippen LogP contribution in [0.2, 0.25) is 0 Å². The molecule has 130 valence electrons. The molecule has 2 aromatic rings. The first-order valence-electron chi connectivity index (χ1n) is 9.56. The van der Waals surface area contributed by atoms with Gasteiger partial charge in [0.25, 0.3) is 0 Å². The maximum atomic E-state index is 9.32. The van der Waals surface area contributed by atoms with Crippen LogP contribution in [0.25, 0.3) is 11.1 Å². The number of hydrogen-bond acceptors (Lipinski definition) is 2. The Morgan fingerprint density at radius 2 is 1.72 bits per heavy atom. The van der Waals surface area contributed by atoms with Crippen LogP contribution < -0.4 is 4.74 Å². The molecule has 0 amide bonds. The van der Waals surface area contributed by atoms with E-state index >= 15 is 0 Å². The minimum absolute atomic E-state index is 0.573. The van der Waals surface area contributed by atoms with Gasteiger partial charge in [0.2, 0.25) is 0 Å². The van der Waals surface area contributed by atoms with E-state index < -0.39 is 0 Å². The fourth-order valence-corrected chi connectivity index (χ4v) is 3.79. The Morgan fingerprint density at radius 1 is 1.00 bits per heavy atom. The largest absolute Gasteiger partial charge is 0.492 e. The van der Waals surface area contributed by atoms with Gasteiger partial charge >= 0.3 is 0 Å². The van der Waals surface area contributed by atoms with Gasteiger partial charge in [-0.25, -0.2) is 0 Å². The van der Waals surface area contributed by atoms with Gasteiger partial charge in [-0.3, -0.25) is 0 Å². The molecule has 0 N–H and O–H groups in total. The summed E-state index contributed by atoms with van der Waals surface area (Å²) in [4.78, 5) is 0. The highest BCUT2D eigenvalue weighted by atomic mass is 16.5. The number of rotatable bonds is 6. The third-order valence-electron chi connectivity index (χ3n) is 5.25. The molecule has 0 bridgehead atoms. The van der Waals surface area contributed by atoms with E-state index in [9.17, 15) is 5.26 Å². The van der Waals surface area contributed by atoms with Gasteiger partial charge in [0.05, 0.1) is 12.2 Å². The Kier molecular flexibility index (Phi) is 6.12. The smallest absolute Gasteiger partial charge is 0.137 e. The molecule has 3 rings (SSSR count). The molecule has 0 unspecified atom stereocenters. The molecule has 2 aromatic carbocycles. The molecule has 1 fully saturated rings. The molecule has 0 aromatic heterocycles. The Bertz CT molecular complexity index is 721. The van der Waals surface area contributed by atoms with Crippen LogP contribution in [-0.4, -0.2) is 6.61 Å². The Hall–Kier alpha value is -2.27. The minimum atomic E-state index is 0.573. The number of nitrogens with zero attached hydrogens (tertiary/aromatic N) is 1. The van der Waals surface area contributed by atoms with Crippen molar-refractivity contribution in [1.82, 2.24) is 0 Å². The lowest BCUT2D eigenvalue weighted by Crippen LogP contribution is -2.07. The standard InChI is InChI=1S/C23H27NO/c1-2-25-23-15-14-21(16-22(23)17-24)20-12-10-19(11-13-20)9-8-18-6-4-3-5-7-18/h10-16,18H,2-9H2,1H3. The summed E-state index contributed by atoms with van der Waals surface area (Å²) >= 11 is 0. The summed E-state index contributed by atoms with van der Waals surface area (Å²) in [6, 6.07) is 16.9. The summed E-state index contributed by atoms with van der Waals surface area (Å²) in [5.41, 5.74) is 4.24. The molecule has 0 heterocycles. The summed E-state index contributed by atoms with van der Waals surface area (Å²) in [7, 11) is 0. The molecule has 1 aliphatic rings. The van der Waals surface area contributed by atoms with Crippen LogP contribution >= 0.6 is 0 Å². The van der Waals surface area contributed by atoms with Crippen LogP contribution in [0.4, 0.5) is 0 Å². The van der Waals surface area contributed by atoms with E-state index in [1.165, 1.54) is 50.5 Å². The van der Waals surface area contributed by atoms with Gasteiger partial charge in [0, 0.05) is 0 Å². The highest BCUT2D eigenvalue weighted by Crippen LogP contribution is 2.29. The molecule has 2 nitrogen and oxygen atoms in total. The van der Waals surface area contributed by atoms with Crippen LogP contribution in [0.1, 0.15) is 56.6 Å². The zero-order chi connectivity index (χ0) is 17.5. The maximum Gasteiger partial charge on any atom is 0.137 e. The molecule has 1 aliphatic carbocycles. The fourth-order valence-electron chi connectivity index (χ4n) is 3.79. The first-order chi connectivity index (χ1) is 12.3. The summed E-state index contributed by atoms with van der Waals surface area (Å²) in [6.07, 6.45) is 9.60. The molecular weight excluding hydrogens is 306 g/mol. The minimum Gasteiger partial charge on any atom is -0.492 e. The highest BCUT2D eigenvalue weighted by Gasteiger charge is 2.13. The molecule has 1 saturated carbocycles. The van der Waals surface area contributed by atoms with Gasteiger partial charge in [0.15, 0.2) is 0 Å².